The summed E-state index contributed by atoms with van der Waals surface area (Å²) >= 11 is 0. The molecule has 28 heavy (non-hydrogen) atoms. The van der Waals surface area contributed by atoms with E-state index in [1.165, 1.54) is 5.57 Å². The topological polar surface area (TPSA) is 57.3 Å². The van der Waals surface area contributed by atoms with E-state index >= 15 is 0 Å². The Morgan fingerprint density at radius 3 is 2.79 bits per heavy atom. The van der Waals surface area contributed by atoms with E-state index in [-0.39, 0.29) is 35.6 Å². The highest BCUT2D eigenvalue weighted by Gasteiger charge is 2.62. The fourth-order valence-electron chi connectivity index (χ4n) is 4.55. The zero-order valence-corrected chi connectivity index (χ0v) is 17.0. The highest BCUT2D eigenvalue weighted by molar-refractivity contribution is 5.75. The number of esters is 1. The van der Waals surface area contributed by atoms with E-state index in [9.17, 15) is 4.79 Å². The molecule has 0 N–H and O–H groups in total. The van der Waals surface area contributed by atoms with E-state index in [1.807, 2.05) is 24.3 Å². The molecule has 2 aliphatic heterocycles. The highest BCUT2D eigenvalue weighted by Crippen LogP contribution is 2.50. The van der Waals surface area contributed by atoms with Gasteiger partial charge in [0, 0.05) is 5.92 Å². The smallest absolute Gasteiger partial charge is 0.312 e. The van der Waals surface area contributed by atoms with Crippen LogP contribution in [0.15, 0.2) is 35.9 Å². The van der Waals surface area contributed by atoms with Crippen LogP contribution in [-0.2, 0) is 25.6 Å². The van der Waals surface area contributed by atoms with Crippen LogP contribution in [0.5, 0.6) is 5.75 Å². The molecule has 2 saturated heterocycles. The van der Waals surface area contributed by atoms with E-state index in [0.29, 0.717) is 13.2 Å². The van der Waals surface area contributed by atoms with Crippen molar-refractivity contribution in [2.24, 2.45) is 11.8 Å². The molecule has 5 atom stereocenters. The summed E-state index contributed by atoms with van der Waals surface area (Å²) in [5, 5.41) is 0. The van der Waals surface area contributed by atoms with Gasteiger partial charge in [0.2, 0.25) is 0 Å². The second-order valence-electron chi connectivity index (χ2n) is 8.51. The molecule has 0 spiro atoms. The van der Waals surface area contributed by atoms with Crippen molar-refractivity contribution >= 4 is 5.97 Å². The van der Waals surface area contributed by atoms with Crippen LogP contribution in [0.2, 0.25) is 0 Å². The monoisotopic (exact) mass is 386 g/mol. The van der Waals surface area contributed by atoms with Gasteiger partial charge in [-0.15, -0.1) is 0 Å². The zero-order chi connectivity index (χ0) is 19.7. The summed E-state index contributed by atoms with van der Waals surface area (Å²) in [5.41, 5.74) is 2.29. The molecule has 5 heteroatoms. The summed E-state index contributed by atoms with van der Waals surface area (Å²) in [6.07, 6.45) is 6.14. The first-order chi connectivity index (χ1) is 13.5. The Hall–Kier alpha value is -1.85. The third-order valence-corrected chi connectivity index (χ3v) is 6.46. The van der Waals surface area contributed by atoms with Gasteiger partial charge < -0.3 is 18.9 Å². The van der Waals surface area contributed by atoms with Gasteiger partial charge in [-0.2, -0.15) is 0 Å². The van der Waals surface area contributed by atoms with Crippen LogP contribution in [0.1, 0.15) is 45.1 Å². The van der Waals surface area contributed by atoms with E-state index in [4.69, 9.17) is 18.9 Å². The Bertz CT molecular complexity index is 740. The number of carbonyl (C=O) groups excluding carboxylic acids is 1. The molecule has 1 aromatic carbocycles. The molecule has 0 radical (unpaired) electrons. The second-order valence-corrected chi connectivity index (χ2v) is 8.51. The lowest BCUT2D eigenvalue weighted by Crippen LogP contribution is -2.31. The van der Waals surface area contributed by atoms with Crippen molar-refractivity contribution in [1.82, 2.24) is 0 Å². The van der Waals surface area contributed by atoms with Crippen LogP contribution < -0.4 is 4.74 Å². The van der Waals surface area contributed by atoms with E-state index in [2.05, 4.69) is 19.9 Å². The minimum Gasteiger partial charge on any atom is -0.497 e. The summed E-state index contributed by atoms with van der Waals surface area (Å²) in [7, 11) is 1.65. The number of rotatable bonds is 5. The fraction of sp³-hybridized carbons (Fsp3) is 0.609. The normalized spacial score (nSPS) is 36.5. The Morgan fingerprint density at radius 2 is 2.04 bits per heavy atom. The Balaban J connectivity index is 1.41. The molecular weight excluding hydrogens is 356 g/mol. The second kappa shape index (κ2) is 7.88. The van der Waals surface area contributed by atoms with E-state index in [0.717, 1.165) is 37.0 Å². The van der Waals surface area contributed by atoms with Gasteiger partial charge in [0.15, 0.2) is 0 Å². The summed E-state index contributed by atoms with van der Waals surface area (Å²) in [4.78, 5) is 12.6. The van der Waals surface area contributed by atoms with Crippen molar-refractivity contribution in [3.05, 3.63) is 41.5 Å². The zero-order valence-electron chi connectivity index (χ0n) is 17.0. The first kappa shape index (κ1) is 19.5. The summed E-state index contributed by atoms with van der Waals surface area (Å²) in [5.74, 6) is 0.618. The average molecular weight is 386 g/mol. The van der Waals surface area contributed by atoms with Crippen LogP contribution >= 0.6 is 0 Å². The Kier molecular flexibility index (Phi) is 5.48. The van der Waals surface area contributed by atoms with Gasteiger partial charge in [-0.3, -0.25) is 4.79 Å². The van der Waals surface area contributed by atoms with Crippen molar-refractivity contribution in [3.63, 3.8) is 0 Å². The molecule has 1 aromatic rings. The van der Waals surface area contributed by atoms with Gasteiger partial charge in [-0.25, -0.2) is 0 Å². The number of hydrogen-bond acceptors (Lipinski definition) is 5. The maximum absolute atomic E-state index is 12.6. The third-order valence-electron chi connectivity index (χ3n) is 6.46. The number of hydrogen-bond donors (Lipinski definition) is 0. The molecular formula is C23H30O5. The number of allylic oxidation sites excluding steroid dienone is 2. The largest absolute Gasteiger partial charge is 0.497 e. The molecule has 0 aromatic heterocycles. The van der Waals surface area contributed by atoms with Crippen LogP contribution in [0, 0.1) is 11.8 Å². The van der Waals surface area contributed by atoms with Crippen molar-refractivity contribution < 1.29 is 23.7 Å². The summed E-state index contributed by atoms with van der Waals surface area (Å²) < 4.78 is 22.9. The first-order valence-corrected chi connectivity index (χ1v) is 10.2. The van der Waals surface area contributed by atoms with Crippen molar-refractivity contribution in [1.29, 1.82) is 0 Å². The summed E-state index contributed by atoms with van der Waals surface area (Å²) in [6, 6.07) is 7.80. The van der Waals surface area contributed by atoms with Crippen LogP contribution in [0.3, 0.4) is 0 Å². The number of carbonyl (C=O) groups is 1. The van der Waals surface area contributed by atoms with Gasteiger partial charge in [-0.1, -0.05) is 23.8 Å². The van der Waals surface area contributed by atoms with Gasteiger partial charge in [-0.05, 0) is 57.2 Å². The van der Waals surface area contributed by atoms with Crippen molar-refractivity contribution in [2.75, 3.05) is 13.7 Å². The van der Waals surface area contributed by atoms with E-state index in [1.54, 1.807) is 7.11 Å². The molecule has 0 amide bonds. The van der Waals surface area contributed by atoms with Crippen LogP contribution in [-0.4, -0.2) is 37.5 Å². The summed E-state index contributed by atoms with van der Waals surface area (Å²) in [6.45, 7) is 5.18. The molecule has 2 heterocycles. The SMILES string of the molecule is COc1ccc(COC[C@@H]2C(=O)O[C@@H]3[C@H]2CC/C(C)=C/CC[C@@]2(C)O[C@@H]32)cc1. The number of methoxy groups -OCH3 is 1. The van der Waals surface area contributed by atoms with Gasteiger partial charge in [0.05, 0.1) is 31.8 Å². The van der Waals surface area contributed by atoms with Gasteiger partial charge >= 0.3 is 5.97 Å². The lowest BCUT2D eigenvalue weighted by atomic mass is 9.81. The molecule has 0 saturated carbocycles. The number of fused-ring (bicyclic) bond motifs is 3. The van der Waals surface area contributed by atoms with Crippen LogP contribution in [0.4, 0.5) is 0 Å². The predicted molar refractivity (Wildman–Crippen MR) is 105 cm³/mol. The standard InChI is InChI=1S/C23H30O5/c1-15-5-4-12-23(2)21(28-23)20-18(11-6-15)19(22(24)27-20)14-26-13-16-7-9-17(25-3)10-8-16/h5,7-10,18-21H,4,6,11-14H2,1-3H3/b15-5+/t18-,19-,20+,21-,23+/m0/s1. The Morgan fingerprint density at radius 1 is 1.25 bits per heavy atom. The van der Waals surface area contributed by atoms with Gasteiger partial charge in [0.25, 0.3) is 0 Å². The molecule has 4 rings (SSSR count). The predicted octanol–water partition coefficient (Wildman–Crippen LogP) is 4.05. The number of benzene rings is 1. The minimum absolute atomic E-state index is 0.0276. The van der Waals surface area contributed by atoms with Gasteiger partial charge in [0.1, 0.15) is 18.0 Å². The molecule has 3 aliphatic rings. The lowest BCUT2D eigenvalue weighted by molar-refractivity contribution is -0.146. The quantitative estimate of drug-likeness (QED) is 0.434. The lowest BCUT2D eigenvalue weighted by Gasteiger charge is -2.22. The molecule has 1 aliphatic carbocycles. The Labute approximate surface area is 167 Å². The number of epoxide rings is 1. The number of ether oxygens (including phenoxy) is 4. The van der Waals surface area contributed by atoms with Crippen molar-refractivity contribution in [2.45, 2.75) is 63.9 Å². The van der Waals surface area contributed by atoms with E-state index < -0.39 is 0 Å². The fourth-order valence-corrected chi connectivity index (χ4v) is 4.55. The van der Waals surface area contributed by atoms with Crippen molar-refractivity contribution in [3.8, 4) is 5.75 Å². The third kappa shape index (κ3) is 3.96. The highest BCUT2D eigenvalue weighted by atomic mass is 16.6. The van der Waals surface area contributed by atoms with Crippen LogP contribution in [0.25, 0.3) is 0 Å². The molecule has 152 valence electrons. The maximum Gasteiger partial charge on any atom is 0.312 e. The first-order valence-electron chi connectivity index (χ1n) is 10.2. The maximum atomic E-state index is 12.6. The molecule has 2 fully saturated rings. The molecule has 0 bridgehead atoms. The molecule has 5 nitrogen and oxygen atoms in total. The molecule has 0 unspecified atom stereocenters. The average Bonchev–Trinajstić information content (AvgIpc) is 3.26. The minimum atomic E-state index is -0.219.